The van der Waals surface area contributed by atoms with Gasteiger partial charge in [0.15, 0.2) is 0 Å². The van der Waals surface area contributed by atoms with Gasteiger partial charge >= 0.3 is 0 Å². The van der Waals surface area contributed by atoms with Crippen LogP contribution in [0.2, 0.25) is 0 Å². The highest BCUT2D eigenvalue weighted by atomic mass is 16.5. The Balaban J connectivity index is 1.73. The highest BCUT2D eigenvalue weighted by molar-refractivity contribution is 5.76. The standard InChI is InChI=1S/C16H24N2O2/c1-13(14-5-7-15(20-2)8-6-14)17-10-9-16(19)18-11-3-4-12-18/h5-8,13,17H,3-4,9-12H2,1-2H3. The zero-order chi connectivity index (χ0) is 14.4. The number of carbonyl (C=O) groups excluding carboxylic acids is 1. The van der Waals surface area contributed by atoms with Crippen molar-refractivity contribution in [1.82, 2.24) is 10.2 Å². The molecule has 0 bridgehead atoms. The number of nitrogens with one attached hydrogen (secondary N) is 1. The van der Waals surface area contributed by atoms with Gasteiger partial charge in [0.05, 0.1) is 7.11 Å². The first-order valence-electron chi connectivity index (χ1n) is 7.36. The van der Waals surface area contributed by atoms with E-state index in [4.69, 9.17) is 4.74 Å². The summed E-state index contributed by atoms with van der Waals surface area (Å²) in [6.45, 7) is 4.71. The van der Waals surface area contributed by atoms with E-state index < -0.39 is 0 Å². The van der Waals surface area contributed by atoms with Crippen LogP contribution in [0.1, 0.15) is 37.8 Å². The van der Waals surface area contributed by atoms with Crippen molar-refractivity contribution >= 4 is 5.91 Å². The molecule has 20 heavy (non-hydrogen) atoms. The molecule has 2 rings (SSSR count). The predicted molar refractivity (Wildman–Crippen MR) is 79.8 cm³/mol. The summed E-state index contributed by atoms with van der Waals surface area (Å²) < 4.78 is 5.15. The van der Waals surface area contributed by atoms with Crippen molar-refractivity contribution in [3.05, 3.63) is 29.8 Å². The molecule has 0 aromatic heterocycles. The number of amides is 1. The summed E-state index contributed by atoms with van der Waals surface area (Å²) in [6, 6.07) is 8.27. The summed E-state index contributed by atoms with van der Waals surface area (Å²) in [5, 5.41) is 3.40. The summed E-state index contributed by atoms with van der Waals surface area (Å²) in [5.74, 6) is 1.14. The minimum Gasteiger partial charge on any atom is -0.497 e. The third kappa shape index (κ3) is 3.97. The molecular formula is C16H24N2O2. The molecule has 1 atom stereocenters. The second-order valence-corrected chi connectivity index (χ2v) is 5.29. The Bertz CT molecular complexity index is 425. The first-order valence-corrected chi connectivity index (χ1v) is 7.36. The average molecular weight is 276 g/mol. The number of benzene rings is 1. The molecule has 1 saturated heterocycles. The smallest absolute Gasteiger partial charge is 0.223 e. The third-order valence-electron chi connectivity index (χ3n) is 3.86. The van der Waals surface area contributed by atoms with Gasteiger partial charge in [-0.05, 0) is 37.5 Å². The number of likely N-dealkylation sites (tertiary alicyclic amines) is 1. The van der Waals surface area contributed by atoms with Gasteiger partial charge < -0.3 is 15.0 Å². The minimum absolute atomic E-state index is 0.243. The van der Waals surface area contributed by atoms with E-state index in [1.54, 1.807) is 7.11 Å². The Kier molecular flexibility index (Phi) is 5.41. The summed E-state index contributed by atoms with van der Waals surface area (Å²) >= 11 is 0. The number of ether oxygens (including phenoxy) is 1. The van der Waals surface area contributed by atoms with Crippen LogP contribution in [0.3, 0.4) is 0 Å². The molecule has 4 heteroatoms. The monoisotopic (exact) mass is 276 g/mol. The summed E-state index contributed by atoms with van der Waals surface area (Å²) in [5.41, 5.74) is 1.21. The van der Waals surface area contributed by atoms with E-state index in [0.29, 0.717) is 6.42 Å². The van der Waals surface area contributed by atoms with Gasteiger partial charge in [0.2, 0.25) is 5.91 Å². The first kappa shape index (κ1) is 14.9. The van der Waals surface area contributed by atoms with Gasteiger partial charge in [-0.1, -0.05) is 12.1 Å². The normalized spacial score (nSPS) is 16.2. The highest BCUT2D eigenvalue weighted by Crippen LogP contribution is 2.17. The van der Waals surface area contributed by atoms with Crippen molar-refractivity contribution < 1.29 is 9.53 Å². The van der Waals surface area contributed by atoms with E-state index in [0.717, 1.165) is 38.2 Å². The van der Waals surface area contributed by atoms with Crippen LogP contribution < -0.4 is 10.1 Å². The van der Waals surface area contributed by atoms with Crippen molar-refractivity contribution in [3.63, 3.8) is 0 Å². The fourth-order valence-electron chi connectivity index (χ4n) is 2.53. The molecule has 1 aromatic rings. The topological polar surface area (TPSA) is 41.6 Å². The lowest BCUT2D eigenvalue weighted by molar-refractivity contribution is -0.130. The maximum atomic E-state index is 11.9. The fraction of sp³-hybridized carbons (Fsp3) is 0.562. The maximum Gasteiger partial charge on any atom is 0.223 e. The summed E-state index contributed by atoms with van der Waals surface area (Å²) in [6.07, 6.45) is 2.89. The Labute approximate surface area is 121 Å². The Morgan fingerprint density at radius 1 is 1.30 bits per heavy atom. The molecule has 1 aliphatic heterocycles. The van der Waals surface area contributed by atoms with Gasteiger partial charge in [0, 0.05) is 32.1 Å². The van der Waals surface area contributed by atoms with Crippen molar-refractivity contribution in [2.45, 2.75) is 32.2 Å². The lowest BCUT2D eigenvalue weighted by Gasteiger charge is -2.17. The number of rotatable bonds is 6. The predicted octanol–water partition coefficient (Wildman–Crippen LogP) is 2.36. The molecule has 1 aliphatic rings. The maximum absolute atomic E-state index is 11.9. The molecule has 1 fully saturated rings. The van der Waals surface area contributed by atoms with E-state index in [2.05, 4.69) is 24.4 Å². The number of carbonyl (C=O) groups is 1. The van der Waals surface area contributed by atoms with Gasteiger partial charge in [-0.15, -0.1) is 0 Å². The van der Waals surface area contributed by atoms with E-state index in [-0.39, 0.29) is 11.9 Å². The highest BCUT2D eigenvalue weighted by Gasteiger charge is 2.17. The third-order valence-corrected chi connectivity index (χ3v) is 3.86. The van der Waals surface area contributed by atoms with E-state index in [1.165, 1.54) is 5.56 Å². The summed E-state index contributed by atoms with van der Waals surface area (Å²) in [4.78, 5) is 13.9. The molecule has 4 nitrogen and oxygen atoms in total. The molecular weight excluding hydrogens is 252 g/mol. The fourth-order valence-corrected chi connectivity index (χ4v) is 2.53. The van der Waals surface area contributed by atoms with Crippen LogP contribution >= 0.6 is 0 Å². The van der Waals surface area contributed by atoms with Crippen LogP contribution in [0, 0.1) is 0 Å². The van der Waals surface area contributed by atoms with Crippen LogP contribution in [0.15, 0.2) is 24.3 Å². The largest absolute Gasteiger partial charge is 0.497 e. The van der Waals surface area contributed by atoms with Crippen molar-refractivity contribution in [1.29, 1.82) is 0 Å². The first-order chi connectivity index (χ1) is 9.70. The van der Waals surface area contributed by atoms with Gasteiger partial charge in [-0.2, -0.15) is 0 Å². The van der Waals surface area contributed by atoms with E-state index in [1.807, 2.05) is 17.0 Å². The minimum atomic E-state index is 0.243. The van der Waals surface area contributed by atoms with Gasteiger partial charge in [-0.25, -0.2) is 0 Å². The molecule has 1 amide bonds. The second-order valence-electron chi connectivity index (χ2n) is 5.29. The van der Waals surface area contributed by atoms with E-state index >= 15 is 0 Å². The average Bonchev–Trinajstić information content (AvgIpc) is 3.01. The Morgan fingerprint density at radius 3 is 2.55 bits per heavy atom. The molecule has 0 radical (unpaired) electrons. The Morgan fingerprint density at radius 2 is 1.95 bits per heavy atom. The molecule has 1 heterocycles. The van der Waals surface area contributed by atoms with E-state index in [9.17, 15) is 4.79 Å². The molecule has 1 aromatic carbocycles. The molecule has 0 saturated carbocycles. The zero-order valence-corrected chi connectivity index (χ0v) is 12.4. The van der Waals surface area contributed by atoms with Crippen LogP contribution in [0.4, 0.5) is 0 Å². The van der Waals surface area contributed by atoms with Crippen molar-refractivity contribution in [2.75, 3.05) is 26.7 Å². The number of nitrogens with zero attached hydrogens (tertiary/aromatic N) is 1. The van der Waals surface area contributed by atoms with Crippen LogP contribution in [-0.2, 0) is 4.79 Å². The second kappa shape index (κ2) is 7.29. The number of methoxy groups -OCH3 is 1. The van der Waals surface area contributed by atoms with Crippen LogP contribution in [0.5, 0.6) is 5.75 Å². The number of hydrogen-bond acceptors (Lipinski definition) is 3. The molecule has 1 N–H and O–H groups in total. The molecule has 0 spiro atoms. The molecule has 1 unspecified atom stereocenters. The van der Waals surface area contributed by atoms with Crippen molar-refractivity contribution in [2.24, 2.45) is 0 Å². The Hall–Kier alpha value is -1.55. The van der Waals surface area contributed by atoms with Crippen molar-refractivity contribution in [3.8, 4) is 5.75 Å². The molecule has 0 aliphatic carbocycles. The van der Waals surface area contributed by atoms with Gasteiger partial charge in [0.1, 0.15) is 5.75 Å². The lowest BCUT2D eigenvalue weighted by atomic mass is 10.1. The zero-order valence-electron chi connectivity index (χ0n) is 12.4. The lowest BCUT2D eigenvalue weighted by Crippen LogP contribution is -2.31. The van der Waals surface area contributed by atoms with Gasteiger partial charge in [0.25, 0.3) is 0 Å². The van der Waals surface area contributed by atoms with Crippen LogP contribution in [-0.4, -0.2) is 37.6 Å². The SMILES string of the molecule is COc1ccc(C(C)NCCC(=O)N2CCCC2)cc1. The molecule has 110 valence electrons. The summed E-state index contributed by atoms with van der Waals surface area (Å²) in [7, 11) is 1.67. The van der Waals surface area contributed by atoms with Crippen LogP contribution in [0.25, 0.3) is 0 Å². The number of hydrogen-bond donors (Lipinski definition) is 1. The van der Waals surface area contributed by atoms with Gasteiger partial charge in [-0.3, -0.25) is 4.79 Å². The quantitative estimate of drug-likeness (QED) is 0.867.